The van der Waals surface area contributed by atoms with Crippen LogP contribution < -0.4 is 0 Å². The Morgan fingerprint density at radius 1 is 1.25 bits per heavy atom. The Morgan fingerprint density at radius 2 is 1.25 bits per heavy atom. The minimum Gasteiger partial charge on any atom is -0.197 e. The summed E-state index contributed by atoms with van der Waals surface area (Å²) in [7, 11) is 2.56. The molecule has 0 rings (SSSR count). The summed E-state index contributed by atoms with van der Waals surface area (Å²) in [5, 5.41) is 0. The van der Waals surface area contributed by atoms with Crippen molar-refractivity contribution in [1.82, 2.24) is 0 Å². The maximum absolute atomic E-state index is 3.89. The van der Waals surface area contributed by atoms with Gasteiger partial charge in [0.25, 0.3) is 0 Å². The van der Waals surface area contributed by atoms with Gasteiger partial charge in [-0.1, -0.05) is 11.8 Å². The Labute approximate surface area is 52.2 Å². The summed E-state index contributed by atoms with van der Waals surface area (Å²) in [6.45, 7) is 0. The summed E-state index contributed by atoms with van der Waals surface area (Å²) >= 11 is 3.89. The molecular formula is H3LiPS2. The second kappa shape index (κ2) is 24.9. The van der Waals surface area contributed by atoms with Crippen LogP contribution >= 0.6 is 21.5 Å². The van der Waals surface area contributed by atoms with Crippen molar-refractivity contribution in [3.63, 3.8) is 0 Å². The Hall–Kier alpha value is 1.47. The van der Waals surface area contributed by atoms with Gasteiger partial charge >= 0.3 is 0 Å². The second-order valence-corrected chi connectivity index (χ2v) is 0. The molecule has 21 valence electrons. The third-order valence-corrected chi connectivity index (χ3v) is 0. The van der Waals surface area contributed by atoms with Crippen LogP contribution in [0, 0.1) is 0 Å². The van der Waals surface area contributed by atoms with Gasteiger partial charge in [-0.05, 0) is 8.02 Å². The van der Waals surface area contributed by atoms with Crippen molar-refractivity contribution in [2.75, 3.05) is 0 Å². The second-order valence-electron chi connectivity index (χ2n) is 0. The fraction of sp³-hybridized carbons (Fsp3) is 0. The molecule has 0 aliphatic carbocycles. The van der Waals surface area contributed by atoms with Crippen LogP contribution in [0.3, 0.4) is 0 Å². The average Bonchev–Trinajstić information content (AvgIpc) is 1.00. The minimum absolute atomic E-state index is 0. The number of hydrogen-bond donors (Lipinski definition) is 0. The van der Waals surface area contributed by atoms with Crippen LogP contribution in [0.25, 0.3) is 0 Å². The van der Waals surface area contributed by atoms with E-state index < -0.39 is 0 Å². The van der Waals surface area contributed by atoms with Gasteiger partial charge in [-0.15, -0.1) is 0 Å². The fourth-order valence-corrected chi connectivity index (χ4v) is 0. The molecule has 0 nitrogen and oxygen atoms in total. The van der Waals surface area contributed by atoms with Gasteiger partial charge in [0.15, 0.2) is 0 Å². The van der Waals surface area contributed by atoms with Crippen LogP contribution in [-0.2, 0) is 11.8 Å². The first kappa shape index (κ1) is 17.9. The van der Waals surface area contributed by atoms with E-state index in [0.29, 0.717) is 0 Å². The summed E-state index contributed by atoms with van der Waals surface area (Å²) in [6, 6.07) is 0. The molecule has 0 bridgehead atoms. The van der Waals surface area contributed by atoms with Crippen LogP contribution in [0.15, 0.2) is 0 Å². The molecule has 1 radical (unpaired) electrons. The van der Waals surface area contributed by atoms with Crippen LogP contribution in [0.4, 0.5) is 0 Å². The molecule has 0 aromatic rings. The summed E-state index contributed by atoms with van der Waals surface area (Å²) in [5.41, 5.74) is 0. The third kappa shape index (κ3) is 9.80. The molecular weight excluding hydrogens is 102 g/mol. The predicted octanol–water partition coefficient (Wildman–Crippen LogP) is 0.323. The molecule has 0 amide bonds. The van der Waals surface area contributed by atoms with Crippen LogP contribution in [-0.4, -0.2) is 18.9 Å². The zero-order valence-corrected chi connectivity index (χ0v) is 5.22. The van der Waals surface area contributed by atoms with Crippen molar-refractivity contribution in [2.45, 2.75) is 0 Å². The summed E-state index contributed by atoms with van der Waals surface area (Å²) in [5.74, 6) is 0. The van der Waals surface area contributed by atoms with E-state index in [4.69, 9.17) is 0 Å². The standard InChI is InChI=1S/Li.HPS.H2S/c;1-2;/h;1H;1H2. The molecule has 0 saturated heterocycles. The van der Waals surface area contributed by atoms with E-state index in [9.17, 15) is 0 Å². The van der Waals surface area contributed by atoms with Gasteiger partial charge in [0.2, 0.25) is 0 Å². The topological polar surface area (TPSA) is 0 Å². The first-order valence-corrected chi connectivity index (χ1v) is 1.84. The molecule has 0 aliphatic rings. The van der Waals surface area contributed by atoms with Gasteiger partial charge < -0.3 is 0 Å². The van der Waals surface area contributed by atoms with Gasteiger partial charge in [-0.2, -0.15) is 13.5 Å². The average molecular weight is 105 g/mol. The summed E-state index contributed by atoms with van der Waals surface area (Å²) in [6.07, 6.45) is 0. The van der Waals surface area contributed by atoms with Crippen LogP contribution in [0.1, 0.15) is 0 Å². The van der Waals surface area contributed by atoms with E-state index in [2.05, 4.69) is 19.8 Å². The molecule has 0 aromatic carbocycles. The maximum atomic E-state index is 3.89. The minimum atomic E-state index is 0. The molecule has 0 atom stereocenters. The molecule has 0 spiro atoms. The molecule has 0 aromatic heterocycles. The van der Waals surface area contributed by atoms with Crippen LogP contribution in [0.2, 0.25) is 0 Å². The molecule has 0 unspecified atom stereocenters. The molecule has 0 fully saturated rings. The van der Waals surface area contributed by atoms with Crippen LogP contribution in [0.5, 0.6) is 0 Å². The Balaban J connectivity index is -0.00000000500. The van der Waals surface area contributed by atoms with Crippen molar-refractivity contribution in [1.29, 1.82) is 0 Å². The molecule has 4 heteroatoms. The monoisotopic (exact) mass is 105 g/mol. The first-order chi connectivity index (χ1) is 1.00. The van der Waals surface area contributed by atoms with E-state index in [1.807, 2.05) is 0 Å². The first-order valence-electron chi connectivity index (χ1n) is 0.204. The third-order valence-electron chi connectivity index (χ3n) is 0. The zero-order valence-electron chi connectivity index (χ0n) is 2.41. The van der Waals surface area contributed by atoms with Crippen molar-refractivity contribution in [3.8, 4) is 0 Å². The van der Waals surface area contributed by atoms with Gasteiger partial charge in [0.05, 0.1) is 0 Å². The van der Waals surface area contributed by atoms with E-state index >= 15 is 0 Å². The van der Waals surface area contributed by atoms with Crippen molar-refractivity contribution < 1.29 is 0 Å². The van der Waals surface area contributed by atoms with E-state index in [-0.39, 0.29) is 32.4 Å². The molecule has 0 aliphatic heterocycles. The zero-order chi connectivity index (χ0) is 2.00. The van der Waals surface area contributed by atoms with Crippen molar-refractivity contribution >= 4 is 52.2 Å². The smallest absolute Gasteiger partial charge is 0 e. The Bertz CT molecular complexity index is 6.00. The quantitative estimate of drug-likeness (QED) is 0.316. The molecule has 0 N–H and O–H groups in total. The number of rotatable bonds is 0. The SMILES string of the molecule is P=S.S.[Li]. The Kier molecular flexibility index (Phi) is 112. The maximum Gasteiger partial charge on any atom is 0 e. The van der Waals surface area contributed by atoms with E-state index in [1.54, 1.807) is 0 Å². The van der Waals surface area contributed by atoms with Gasteiger partial charge in [0.1, 0.15) is 0 Å². The molecule has 4 heavy (non-hydrogen) atoms. The largest absolute Gasteiger partial charge is 0.197 e. The van der Waals surface area contributed by atoms with Crippen molar-refractivity contribution in [2.24, 2.45) is 0 Å². The van der Waals surface area contributed by atoms with E-state index in [1.165, 1.54) is 0 Å². The van der Waals surface area contributed by atoms with Gasteiger partial charge in [-0.3, -0.25) is 0 Å². The van der Waals surface area contributed by atoms with Gasteiger partial charge in [0, 0.05) is 18.9 Å². The van der Waals surface area contributed by atoms with E-state index in [0.717, 1.165) is 0 Å². The predicted molar refractivity (Wildman–Crippen MR) is 31.8 cm³/mol. The number of hydrogen-bond acceptors (Lipinski definition) is 1. The normalized spacial score (nSPS) is 1.00. The molecule has 0 saturated carbocycles. The molecule has 0 heterocycles. The fourth-order valence-electron chi connectivity index (χ4n) is 0. The summed E-state index contributed by atoms with van der Waals surface area (Å²) < 4.78 is 0. The van der Waals surface area contributed by atoms with Crippen molar-refractivity contribution in [3.05, 3.63) is 0 Å². The Morgan fingerprint density at radius 3 is 1.25 bits per heavy atom. The van der Waals surface area contributed by atoms with Gasteiger partial charge in [-0.25, -0.2) is 0 Å². The summed E-state index contributed by atoms with van der Waals surface area (Å²) in [4.78, 5) is 0.